The molecule has 2 aromatic heterocycles. The van der Waals surface area contributed by atoms with Crippen molar-refractivity contribution < 1.29 is 19.1 Å². The van der Waals surface area contributed by atoms with E-state index in [1.807, 2.05) is 29.6 Å². The average Bonchev–Trinajstić information content (AvgIpc) is 3.45. The molecule has 144 valence electrons. The Hall–Kier alpha value is -2.78. The number of likely N-dealkylation sites (tertiary alicyclic amines) is 1. The van der Waals surface area contributed by atoms with Gasteiger partial charge in [-0.3, -0.25) is 14.9 Å². The van der Waals surface area contributed by atoms with Gasteiger partial charge < -0.3 is 9.64 Å². The van der Waals surface area contributed by atoms with Crippen LogP contribution in [0.4, 0.5) is 5.13 Å². The Labute approximate surface area is 168 Å². The highest BCUT2D eigenvalue weighted by Crippen LogP contribution is 2.25. The summed E-state index contributed by atoms with van der Waals surface area (Å²) in [4.78, 5) is 43.5. The van der Waals surface area contributed by atoms with E-state index in [1.54, 1.807) is 12.1 Å². The molecule has 2 amide bonds. The number of thiophene rings is 1. The van der Waals surface area contributed by atoms with Gasteiger partial charge in [-0.2, -0.15) is 0 Å². The van der Waals surface area contributed by atoms with E-state index in [9.17, 15) is 14.4 Å². The first-order valence-corrected chi connectivity index (χ1v) is 10.5. The first kappa shape index (κ1) is 18.6. The number of benzene rings is 1. The predicted molar refractivity (Wildman–Crippen MR) is 108 cm³/mol. The summed E-state index contributed by atoms with van der Waals surface area (Å²) in [6.45, 7) is 0.0979. The van der Waals surface area contributed by atoms with Gasteiger partial charge in [0.1, 0.15) is 6.04 Å². The number of rotatable bonds is 5. The van der Waals surface area contributed by atoms with Crippen LogP contribution >= 0.6 is 22.7 Å². The lowest BCUT2D eigenvalue weighted by Crippen LogP contribution is -2.41. The Kier molecular flexibility index (Phi) is 5.36. The number of amides is 2. The van der Waals surface area contributed by atoms with Crippen LogP contribution in [0.1, 0.15) is 22.5 Å². The van der Waals surface area contributed by atoms with Gasteiger partial charge in [0.05, 0.1) is 15.1 Å². The van der Waals surface area contributed by atoms with Crippen molar-refractivity contribution in [2.75, 3.05) is 18.5 Å². The molecule has 1 saturated heterocycles. The van der Waals surface area contributed by atoms with Gasteiger partial charge in [-0.1, -0.05) is 29.5 Å². The van der Waals surface area contributed by atoms with E-state index in [0.29, 0.717) is 23.0 Å². The van der Waals surface area contributed by atoms with Crippen molar-refractivity contribution in [1.29, 1.82) is 0 Å². The molecule has 28 heavy (non-hydrogen) atoms. The van der Waals surface area contributed by atoms with Crippen LogP contribution in [0.5, 0.6) is 0 Å². The lowest BCUT2D eigenvalue weighted by molar-refractivity contribution is -0.151. The quantitative estimate of drug-likeness (QED) is 0.647. The van der Waals surface area contributed by atoms with E-state index in [0.717, 1.165) is 16.6 Å². The molecule has 1 aliphatic heterocycles. The van der Waals surface area contributed by atoms with Crippen molar-refractivity contribution >= 4 is 55.8 Å². The number of aromatic nitrogens is 1. The molecule has 0 unspecified atom stereocenters. The molecule has 9 heteroatoms. The van der Waals surface area contributed by atoms with Crippen LogP contribution in [0, 0.1) is 0 Å². The van der Waals surface area contributed by atoms with E-state index in [-0.39, 0.29) is 5.91 Å². The smallest absolute Gasteiger partial charge is 0.329 e. The largest absolute Gasteiger partial charge is 0.454 e. The maximum absolute atomic E-state index is 12.5. The van der Waals surface area contributed by atoms with Crippen LogP contribution in [0.2, 0.25) is 0 Å². The van der Waals surface area contributed by atoms with Crippen molar-refractivity contribution in [3.8, 4) is 0 Å². The fourth-order valence-corrected chi connectivity index (χ4v) is 4.67. The number of nitrogens with zero attached hydrogens (tertiary/aromatic N) is 2. The third-order valence-corrected chi connectivity index (χ3v) is 6.21. The molecule has 0 radical (unpaired) electrons. The number of esters is 1. The van der Waals surface area contributed by atoms with Gasteiger partial charge in [-0.15, -0.1) is 11.3 Å². The van der Waals surface area contributed by atoms with Gasteiger partial charge in [0.2, 0.25) is 0 Å². The van der Waals surface area contributed by atoms with Gasteiger partial charge >= 0.3 is 5.97 Å². The molecule has 3 heterocycles. The van der Waals surface area contributed by atoms with Gasteiger partial charge in [-0.25, -0.2) is 9.78 Å². The standard InChI is InChI=1S/C19H17N3O4S2/c23-16(21-19-20-12-5-1-2-7-14(12)28-19)11-26-18(25)13-6-3-9-22(13)17(24)15-8-4-10-27-15/h1-2,4-5,7-8,10,13H,3,6,9,11H2,(H,20,21,23)/t13-/m0/s1. The van der Waals surface area contributed by atoms with E-state index in [2.05, 4.69) is 10.3 Å². The van der Waals surface area contributed by atoms with Gasteiger partial charge in [0.15, 0.2) is 11.7 Å². The molecule has 0 spiro atoms. The van der Waals surface area contributed by atoms with Crippen molar-refractivity contribution in [3.63, 3.8) is 0 Å². The molecule has 7 nitrogen and oxygen atoms in total. The van der Waals surface area contributed by atoms with Crippen molar-refractivity contribution in [2.24, 2.45) is 0 Å². The summed E-state index contributed by atoms with van der Waals surface area (Å²) in [6.07, 6.45) is 1.27. The first-order chi connectivity index (χ1) is 13.6. The zero-order chi connectivity index (χ0) is 19.5. The first-order valence-electron chi connectivity index (χ1n) is 8.78. The second-order valence-corrected chi connectivity index (χ2v) is 8.25. The normalized spacial score (nSPS) is 16.3. The molecule has 4 rings (SSSR count). The number of ether oxygens (including phenoxy) is 1. The van der Waals surface area contributed by atoms with Crippen LogP contribution in [0.25, 0.3) is 10.2 Å². The van der Waals surface area contributed by atoms with E-state index >= 15 is 0 Å². The summed E-state index contributed by atoms with van der Waals surface area (Å²) in [7, 11) is 0. The molecule has 0 bridgehead atoms. The van der Waals surface area contributed by atoms with E-state index < -0.39 is 24.5 Å². The second-order valence-electron chi connectivity index (χ2n) is 6.28. The lowest BCUT2D eigenvalue weighted by Gasteiger charge is -2.22. The molecule has 3 aromatic rings. The lowest BCUT2D eigenvalue weighted by atomic mass is 10.2. The fourth-order valence-electron chi connectivity index (χ4n) is 3.11. The maximum atomic E-state index is 12.5. The molecule has 1 atom stereocenters. The van der Waals surface area contributed by atoms with Crippen molar-refractivity contribution in [3.05, 3.63) is 46.7 Å². The monoisotopic (exact) mass is 415 g/mol. The number of carbonyl (C=O) groups is 3. The van der Waals surface area contributed by atoms with Crippen LogP contribution in [0.3, 0.4) is 0 Å². The number of nitrogens with one attached hydrogen (secondary N) is 1. The highest BCUT2D eigenvalue weighted by atomic mass is 32.1. The second kappa shape index (κ2) is 8.07. The van der Waals surface area contributed by atoms with Crippen LogP contribution in [0.15, 0.2) is 41.8 Å². The zero-order valence-electron chi connectivity index (χ0n) is 14.8. The SMILES string of the molecule is O=C(COC(=O)[C@@H]1CCCN1C(=O)c1cccs1)Nc1nc2ccccc2s1. The Morgan fingerprint density at radius 2 is 2.07 bits per heavy atom. The molecule has 1 aromatic carbocycles. The van der Waals surface area contributed by atoms with E-state index in [1.165, 1.54) is 27.6 Å². The Morgan fingerprint density at radius 1 is 1.21 bits per heavy atom. The predicted octanol–water partition coefficient (Wildman–Crippen LogP) is 3.14. The van der Waals surface area contributed by atoms with Gasteiger partial charge in [0, 0.05) is 6.54 Å². The number of thiazole rings is 1. The number of para-hydroxylation sites is 1. The molecule has 1 fully saturated rings. The minimum Gasteiger partial charge on any atom is -0.454 e. The van der Waals surface area contributed by atoms with E-state index in [4.69, 9.17) is 4.74 Å². The summed E-state index contributed by atoms with van der Waals surface area (Å²) < 4.78 is 6.13. The maximum Gasteiger partial charge on any atom is 0.329 e. The molecule has 0 aliphatic carbocycles. The number of hydrogen-bond donors (Lipinski definition) is 1. The summed E-state index contributed by atoms with van der Waals surface area (Å²) in [5.41, 5.74) is 0.800. The average molecular weight is 415 g/mol. The minimum absolute atomic E-state index is 0.173. The number of anilines is 1. The number of carbonyl (C=O) groups excluding carboxylic acids is 3. The molecular formula is C19H17N3O4S2. The highest BCUT2D eigenvalue weighted by molar-refractivity contribution is 7.22. The topological polar surface area (TPSA) is 88.6 Å². The molecular weight excluding hydrogens is 398 g/mol. The molecule has 0 saturated carbocycles. The fraction of sp³-hybridized carbons (Fsp3) is 0.263. The summed E-state index contributed by atoms with van der Waals surface area (Å²) in [5, 5.41) is 4.92. The summed E-state index contributed by atoms with van der Waals surface area (Å²) >= 11 is 2.69. The van der Waals surface area contributed by atoms with Crippen molar-refractivity contribution in [2.45, 2.75) is 18.9 Å². The van der Waals surface area contributed by atoms with Gasteiger partial charge in [-0.05, 0) is 36.4 Å². The minimum atomic E-state index is -0.648. The third kappa shape index (κ3) is 3.90. The van der Waals surface area contributed by atoms with Gasteiger partial charge in [0.25, 0.3) is 11.8 Å². The third-order valence-electron chi connectivity index (χ3n) is 4.40. The molecule has 1 aliphatic rings. The van der Waals surface area contributed by atoms with Crippen LogP contribution in [-0.2, 0) is 14.3 Å². The summed E-state index contributed by atoms with van der Waals surface area (Å²) in [6, 6.07) is 10.4. The Morgan fingerprint density at radius 3 is 2.86 bits per heavy atom. The van der Waals surface area contributed by atoms with Crippen LogP contribution in [-0.4, -0.2) is 46.9 Å². The number of fused-ring (bicyclic) bond motifs is 1. The summed E-state index contributed by atoms with van der Waals surface area (Å²) in [5.74, 6) is -1.18. The Balaban J connectivity index is 1.33. The highest BCUT2D eigenvalue weighted by Gasteiger charge is 2.36. The Bertz CT molecular complexity index is 982. The van der Waals surface area contributed by atoms with Crippen LogP contribution < -0.4 is 5.32 Å². The molecule has 1 N–H and O–H groups in total. The zero-order valence-corrected chi connectivity index (χ0v) is 16.4. The van der Waals surface area contributed by atoms with Crippen molar-refractivity contribution in [1.82, 2.24) is 9.88 Å². The number of hydrogen-bond acceptors (Lipinski definition) is 7.